The first-order valence-electron chi connectivity index (χ1n) is 10.8. The van der Waals surface area contributed by atoms with Crippen LogP contribution in [0.5, 0.6) is 11.5 Å². The maximum atomic E-state index is 13.3. The highest BCUT2D eigenvalue weighted by Crippen LogP contribution is 2.43. The number of benzene rings is 1. The summed E-state index contributed by atoms with van der Waals surface area (Å²) in [6, 6.07) is 5.98. The van der Waals surface area contributed by atoms with Crippen molar-refractivity contribution in [2.75, 3.05) is 20.7 Å². The summed E-state index contributed by atoms with van der Waals surface area (Å²) < 4.78 is 12.4. The van der Waals surface area contributed by atoms with E-state index in [1.807, 2.05) is 24.1 Å². The molecule has 1 atom stereocenters. The fourth-order valence-corrected chi connectivity index (χ4v) is 5.19. The van der Waals surface area contributed by atoms with Crippen LogP contribution in [0.4, 0.5) is 0 Å². The summed E-state index contributed by atoms with van der Waals surface area (Å²) in [6.45, 7) is 4.38. The van der Waals surface area contributed by atoms with Gasteiger partial charge in [0.15, 0.2) is 17.0 Å². The number of carbonyl (C=O) groups is 1. The largest absolute Gasteiger partial charge is 0.487 e. The molecule has 2 fully saturated rings. The molecule has 1 aromatic carbocycles. The number of carbonyl (C=O) groups excluding carboxylic acids is 1. The first-order valence-corrected chi connectivity index (χ1v) is 10.8. The van der Waals surface area contributed by atoms with Crippen LogP contribution in [-0.2, 0) is 11.2 Å². The van der Waals surface area contributed by atoms with Gasteiger partial charge in [0.1, 0.15) is 12.2 Å². The van der Waals surface area contributed by atoms with E-state index in [0.717, 1.165) is 37.0 Å². The highest BCUT2D eigenvalue weighted by Gasteiger charge is 2.54. The standard InChI is InChI=1S/C23H33N3O3/c1-22(2)14-17-11-8-12-18(19(17)29-22)28-15-23(13-16-9-6-5-7-10-16)20(27)25(3)21(24)26(23)4/h8,11-12,16,24H,5-7,9-10,13-15H2,1-4H3. The lowest BCUT2D eigenvalue weighted by atomic mass is 9.79. The molecule has 1 saturated heterocycles. The van der Waals surface area contributed by atoms with E-state index < -0.39 is 5.54 Å². The molecule has 1 aromatic rings. The fraction of sp³-hybridized carbons (Fsp3) is 0.652. The number of guanidine groups is 1. The van der Waals surface area contributed by atoms with Crippen LogP contribution >= 0.6 is 0 Å². The zero-order valence-corrected chi connectivity index (χ0v) is 18.1. The maximum Gasteiger partial charge on any atom is 0.258 e. The minimum atomic E-state index is -0.829. The van der Waals surface area contributed by atoms with Crippen molar-refractivity contribution < 1.29 is 14.3 Å². The zero-order chi connectivity index (χ0) is 20.8. The summed E-state index contributed by atoms with van der Waals surface area (Å²) in [5.74, 6) is 2.18. The molecule has 6 nitrogen and oxygen atoms in total. The summed E-state index contributed by atoms with van der Waals surface area (Å²) in [4.78, 5) is 16.6. The smallest absolute Gasteiger partial charge is 0.258 e. The van der Waals surface area contributed by atoms with Crippen molar-refractivity contribution in [1.82, 2.24) is 9.80 Å². The molecule has 0 spiro atoms. The molecule has 1 aliphatic carbocycles. The minimum absolute atomic E-state index is 0.0376. The van der Waals surface area contributed by atoms with Gasteiger partial charge >= 0.3 is 0 Å². The monoisotopic (exact) mass is 399 g/mol. The topological polar surface area (TPSA) is 65.9 Å². The van der Waals surface area contributed by atoms with Gasteiger partial charge in [-0.2, -0.15) is 0 Å². The van der Waals surface area contributed by atoms with Crippen molar-refractivity contribution in [2.24, 2.45) is 5.92 Å². The molecular weight excluding hydrogens is 366 g/mol. The van der Waals surface area contributed by atoms with Gasteiger partial charge in [0.2, 0.25) is 5.96 Å². The fourth-order valence-electron chi connectivity index (χ4n) is 5.19. The van der Waals surface area contributed by atoms with E-state index in [9.17, 15) is 4.79 Å². The van der Waals surface area contributed by atoms with Crippen molar-refractivity contribution in [3.8, 4) is 11.5 Å². The lowest BCUT2D eigenvalue weighted by Gasteiger charge is -2.37. The second-order valence-corrected chi connectivity index (χ2v) is 9.56. The Kier molecular flexibility index (Phi) is 4.99. The summed E-state index contributed by atoms with van der Waals surface area (Å²) in [5, 5.41) is 8.37. The number of ether oxygens (including phenoxy) is 2. The third-order valence-electron chi connectivity index (χ3n) is 6.85. The molecule has 1 amide bonds. The predicted molar refractivity (Wildman–Crippen MR) is 113 cm³/mol. The third-order valence-corrected chi connectivity index (χ3v) is 6.85. The van der Waals surface area contributed by atoms with Crippen LogP contribution in [0.15, 0.2) is 18.2 Å². The molecule has 1 unspecified atom stereocenters. The Labute approximate surface area is 173 Å². The quantitative estimate of drug-likeness (QED) is 0.817. The van der Waals surface area contributed by atoms with E-state index >= 15 is 0 Å². The molecule has 0 radical (unpaired) electrons. The van der Waals surface area contributed by atoms with Crippen molar-refractivity contribution >= 4 is 11.9 Å². The first kappa shape index (κ1) is 20.0. The van der Waals surface area contributed by atoms with Crippen molar-refractivity contribution in [2.45, 2.75) is 69.9 Å². The van der Waals surface area contributed by atoms with Crippen LogP contribution in [0.3, 0.4) is 0 Å². The van der Waals surface area contributed by atoms with E-state index in [2.05, 4.69) is 19.9 Å². The molecule has 0 aromatic heterocycles. The molecule has 1 N–H and O–H groups in total. The molecule has 4 rings (SSSR count). The van der Waals surface area contributed by atoms with Gasteiger partial charge in [-0.1, -0.05) is 44.2 Å². The number of hydrogen-bond donors (Lipinski definition) is 1. The number of nitrogens with one attached hydrogen (secondary N) is 1. The number of para-hydroxylation sites is 1. The van der Waals surface area contributed by atoms with Gasteiger partial charge in [-0.25, -0.2) is 0 Å². The molecule has 6 heteroatoms. The molecule has 29 heavy (non-hydrogen) atoms. The van der Waals surface area contributed by atoms with E-state index in [1.54, 1.807) is 7.05 Å². The summed E-state index contributed by atoms with van der Waals surface area (Å²) >= 11 is 0. The number of nitrogens with zero attached hydrogens (tertiary/aromatic N) is 2. The highest BCUT2D eigenvalue weighted by atomic mass is 16.5. The summed E-state index contributed by atoms with van der Waals surface area (Å²) in [7, 11) is 3.54. The number of likely N-dealkylation sites (N-methyl/N-ethyl adjacent to an activating group) is 2. The Morgan fingerprint density at radius 1 is 1.21 bits per heavy atom. The minimum Gasteiger partial charge on any atom is -0.487 e. The normalized spacial score (nSPS) is 26.6. The Bertz CT molecular complexity index is 816. The van der Waals surface area contributed by atoms with Crippen LogP contribution in [0.2, 0.25) is 0 Å². The molecule has 1 saturated carbocycles. The van der Waals surface area contributed by atoms with E-state index in [0.29, 0.717) is 11.7 Å². The SMILES string of the molecule is CN1C(=N)N(C)C(COc2cccc3c2OC(C)(C)C3)(CC2CCCCC2)C1=O. The van der Waals surface area contributed by atoms with Gasteiger partial charge in [0.25, 0.3) is 5.91 Å². The third kappa shape index (κ3) is 3.47. The van der Waals surface area contributed by atoms with E-state index in [4.69, 9.17) is 14.9 Å². The number of amides is 1. The Morgan fingerprint density at radius 3 is 2.59 bits per heavy atom. The number of rotatable bonds is 5. The van der Waals surface area contributed by atoms with Gasteiger partial charge in [-0.15, -0.1) is 0 Å². The number of fused-ring (bicyclic) bond motifs is 1. The molecule has 2 aliphatic heterocycles. The zero-order valence-electron chi connectivity index (χ0n) is 18.1. The molecule has 158 valence electrons. The molecular formula is C23H33N3O3. The summed E-state index contributed by atoms with van der Waals surface area (Å²) in [5.41, 5.74) is 0.0685. The molecule has 3 aliphatic rings. The highest BCUT2D eigenvalue weighted by molar-refractivity contribution is 6.07. The Morgan fingerprint density at radius 2 is 1.93 bits per heavy atom. The Balaban J connectivity index is 1.60. The predicted octanol–water partition coefficient (Wildman–Crippen LogP) is 3.83. The lowest BCUT2D eigenvalue weighted by molar-refractivity contribution is -0.134. The molecule has 0 bridgehead atoms. The second kappa shape index (κ2) is 7.22. The van der Waals surface area contributed by atoms with Gasteiger partial charge in [-0.05, 0) is 32.3 Å². The lowest BCUT2D eigenvalue weighted by Crippen LogP contribution is -2.54. The van der Waals surface area contributed by atoms with Crippen molar-refractivity contribution in [1.29, 1.82) is 5.41 Å². The van der Waals surface area contributed by atoms with Crippen LogP contribution in [0, 0.1) is 11.3 Å². The van der Waals surface area contributed by atoms with Crippen LogP contribution in [0.25, 0.3) is 0 Å². The van der Waals surface area contributed by atoms with Crippen molar-refractivity contribution in [3.05, 3.63) is 23.8 Å². The average molecular weight is 400 g/mol. The van der Waals surface area contributed by atoms with E-state index in [-0.39, 0.29) is 24.1 Å². The van der Waals surface area contributed by atoms with Crippen LogP contribution < -0.4 is 9.47 Å². The van der Waals surface area contributed by atoms with Gasteiger partial charge in [0.05, 0.1) is 0 Å². The number of hydrogen-bond acceptors (Lipinski definition) is 4. The van der Waals surface area contributed by atoms with Crippen LogP contribution in [0.1, 0.15) is 57.9 Å². The van der Waals surface area contributed by atoms with Gasteiger partial charge in [-0.3, -0.25) is 15.1 Å². The van der Waals surface area contributed by atoms with Crippen LogP contribution in [-0.4, -0.2) is 53.5 Å². The maximum absolute atomic E-state index is 13.3. The van der Waals surface area contributed by atoms with Gasteiger partial charge < -0.3 is 14.4 Å². The average Bonchev–Trinajstić information content (AvgIpc) is 3.10. The van der Waals surface area contributed by atoms with E-state index in [1.165, 1.54) is 24.2 Å². The molecule has 2 heterocycles. The second-order valence-electron chi connectivity index (χ2n) is 9.56. The summed E-state index contributed by atoms with van der Waals surface area (Å²) in [6.07, 6.45) is 7.61. The Hall–Kier alpha value is -2.24. The first-order chi connectivity index (χ1) is 13.7. The van der Waals surface area contributed by atoms with Crippen molar-refractivity contribution in [3.63, 3.8) is 0 Å². The van der Waals surface area contributed by atoms with Gasteiger partial charge in [0, 0.05) is 26.1 Å².